The van der Waals surface area contributed by atoms with Gasteiger partial charge in [-0.05, 0) is 36.4 Å². The summed E-state index contributed by atoms with van der Waals surface area (Å²) in [7, 11) is 1.58. The molecule has 0 aliphatic rings. The Morgan fingerprint density at radius 1 is 0.968 bits per heavy atom. The van der Waals surface area contributed by atoms with E-state index in [-0.39, 0.29) is 11.5 Å². The smallest absolute Gasteiger partial charge is 0.173 e. The number of nitrogens with one attached hydrogen (secondary N) is 1. The van der Waals surface area contributed by atoms with Gasteiger partial charge >= 0.3 is 0 Å². The Morgan fingerprint density at radius 2 is 1.77 bits per heavy atom. The minimum absolute atomic E-state index is 0.0265. The third kappa shape index (κ3) is 4.62. The zero-order valence-electron chi connectivity index (χ0n) is 16.7. The van der Waals surface area contributed by atoms with Crippen LogP contribution in [0.4, 0.5) is 5.69 Å². The predicted octanol–water partition coefficient (Wildman–Crippen LogP) is 4.36. The molecule has 7 nitrogen and oxygen atoms in total. The molecule has 154 valence electrons. The van der Waals surface area contributed by atoms with Gasteiger partial charge in [0.2, 0.25) is 0 Å². The van der Waals surface area contributed by atoms with E-state index in [0.29, 0.717) is 28.5 Å². The number of para-hydroxylation sites is 3. The van der Waals surface area contributed by atoms with E-state index < -0.39 is 0 Å². The maximum atomic E-state index is 9.96. The van der Waals surface area contributed by atoms with Crippen molar-refractivity contribution in [3.05, 3.63) is 90.1 Å². The standard InChI is InChI=1S/C24H20N4O3/c1-31-23-9-5-4-8-20(23)27-24(21-13-11-16-6-2-3-7-19(16)26-21)28-25-15-17-10-12-18(29)14-22(17)30/h2-15,29-30H,1H3,(H,27,28). The number of hydrogen-bond donors (Lipinski definition) is 3. The molecule has 4 aromatic rings. The van der Waals surface area contributed by atoms with Crippen LogP contribution in [0.5, 0.6) is 17.2 Å². The summed E-state index contributed by atoms with van der Waals surface area (Å²) < 4.78 is 5.40. The number of hydrazone groups is 1. The minimum Gasteiger partial charge on any atom is -0.508 e. The van der Waals surface area contributed by atoms with Crippen LogP contribution in [-0.2, 0) is 0 Å². The molecule has 7 heteroatoms. The Bertz CT molecular complexity index is 1280. The number of hydrogen-bond acceptors (Lipinski definition) is 6. The summed E-state index contributed by atoms with van der Waals surface area (Å²) in [5.41, 5.74) is 5.40. The van der Waals surface area contributed by atoms with Crippen molar-refractivity contribution in [3.8, 4) is 17.2 Å². The van der Waals surface area contributed by atoms with Gasteiger partial charge in [-0.25, -0.2) is 9.98 Å². The third-order valence-electron chi connectivity index (χ3n) is 4.55. The van der Waals surface area contributed by atoms with Gasteiger partial charge in [0.15, 0.2) is 5.84 Å². The molecule has 4 rings (SSSR count). The van der Waals surface area contributed by atoms with Gasteiger partial charge in [-0.1, -0.05) is 36.4 Å². The van der Waals surface area contributed by atoms with E-state index in [4.69, 9.17) is 9.72 Å². The molecule has 1 aromatic heterocycles. The number of aromatic hydroxyl groups is 2. The molecule has 0 saturated carbocycles. The number of ether oxygens (including phenoxy) is 1. The molecule has 0 spiro atoms. The summed E-state index contributed by atoms with van der Waals surface area (Å²) in [6, 6.07) is 23.3. The third-order valence-corrected chi connectivity index (χ3v) is 4.55. The van der Waals surface area contributed by atoms with E-state index in [1.807, 2.05) is 60.7 Å². The molecule has 3 N–H and O–H groups in total. The molecule has 3 aromatic carbocycles. The first-order chi connectivity index (χ1) is 15.1. The van der Waals surface area contributed by atoms with E-state index in [0.717, 1.165) is 10.9 Å². The number of methoxy groups -OCH3 is 1. The van der Waals surface area contributed by atoms with Crippen molar-refractivity contribution >= 4 is 28.6 Å². The van der Waals surface area contributed by atoms with Crippen LogP contribution in [0.3, 0.4) is 0 Å². The maximum absolute atomic E-state index is 9.96. The van der Waals surface area contributed by atoms with Crippen LogP contribution < -0.4 is 10.2 Å². The topological polar surface area (TPSA) is 99.3 Å². The SMILES string of the molecule is COc1ccccc1N=C(NN=Cc1ccc(O)cc1O)c1ccc2ccccc2n1. The molecule has 31 heavy (non-hydrogen) atoms. The lowest BCUT2D eigenvalue weighted by Gasteiger charge is -2.09. The number of phenolic OH excluding ortho intramolecular Hbond substituents is 2. The Kier molecular flexibility index (Phi) is 5.75. The van der Waals surface area contributed by atoms with Crippen molar-refractivity contribution in [3.63, 3.8) is 0 Å². The average Bonchev–Trinajstić information content (AvgIpc) is 2.79. The zero-order valence-corrected chi connectivity index (χ0v) is 16.7. The highest BCUT2D eigenvalue weighted by molar-refractivity contribution is 6.01. The highest BCUT2D eigenvalue weighted by Crippen LogP contribution is 2.27. The summed E-state index contributed by atoms with van der Waals surface area (Å²) in [6.07, 6.45) is 1.44. The largest absolute Gasteiger partial charge is 0.508 e. The second-order valence-corrected chi connectivity index (χ2v) is 6.63. The lowest BCUT2D eigenvalue weighted by atomic mass is 10.2. The lowest BCUT2D eigenvalue weighted by molar-refractivity contribution is 0.416. The number of aromatic nitrogens is 1. The molecule has 0 aliphatic carbocycles. The molecular formula is C24H20N4O3. The number of fused-ring (bicyclic) bond motifs is 1. The number of nitrogens with zero attached hydrogens (tertiary/aromatic N) is 3. The van der Waals surface area contributed by atoms with Crippen molar-refractivity contribution in [2.75, 3.05) is 7.11 Å². The summed E-state index contributed by atoms with van der Waals surface area (Å²) in [6.45, 7) is 0. The van der Waals surface area contributed by atoms with Gasteiger partial charge in [-0.15, -0.1) is 0 Å². The van der Waals surface area contributed by atoms with Crippen molar-refractivity contribution < 1.29 is 14.9 Å². The van der Waals surface area contributed by atoms with E-state index in [1.54, 1.807) is 13.2 Å². The molecule has 0 bridgehead atoms. The molecule has 1 heterocycles. The number of benzene rings is 3. The minimum atomic E-state index is -0.0856. The molecule has 0 unspecified atom stereocenters. The molecule has 0 radical (unpaired) electrons. The first-order valence-electron chi connectivity index (χ1n) is 9.53. The van der Waals surface area contributed by atoms with Gasteiger partial charge < -0.3 is 14.9 Å². The number of aliphatic imine (C=N–C) groups is 1. The number of pyridine rings is 1. The van der Waals surface area contributed by atoms with Gasteiger partial charge in [-0.2, -0.15) is 5.10 Å². The van der Waals surface area contributed by atoms with E-state index in [9.17, 15) is 10.2 Å². The summed E-state index contributed by atoms with van der Waals surface area (Å²) in [4.78, 5) is 9.37. The van der Waals surface area contributed by atoms with Gasteiger partial charge in [0.25, 0.3) is 0 Å². The second-order valence-electron chi connectivity index (χ2n) is 6.63. The Morgan fingerprint density at radius 3 is 2.61 bits per heavy atom. The highest BCUT2D eigenvalue weighted by Gasteiger charge is 2.09. The van der Waals surface area contributed by atoms with Crippen LogP contribution in [0.15, 0.2) is 89.0 Å². The molecule has 0 fully saturated rings. The van der Waals surface area contributed by atoms with Crippen LogP contribution >= 0.6 is 0 Å². The number of rotatable bonds is 5. The molecule has 0 atom stereocenters. The fourth-order valence-corrected chi connectivity index (χ4v) is 2.98. The van der Waals surface area contributed by atoms with Gasteiger partial charge in [0.05, 0.1) is 18.8 Å². The van der Waals surface area contributed by atoms with Crippen molar-refractivity contribution in [1.82, 2.24) is 10.4 Å². The maximum Gasteiger partial charge on any atom is 0.173 e. The molecular weight excluding hydrogens is 392 g/mol. The second kappa shape index (κ2) is 8.96. The van der Waals surface area contributed by atoms with Crippen LogP contribution in [-0.4, -0.2) is 34.4 Å². The van der Waals surface area contributed by atoms with E-state index >= 15 is 0 Å². The molecule has 0 saturated heterocycles. The number of amidine groups is 1. The Hall–Kier alpha value is -4.39. The van der Waals surface area contributed by atoms with Crippen LogP contribution in [0.2, 0.25) is 0 Å². The van der Waals surface area contributed by atoms with Crippen LogP contribution in [0, 0.1) is 0 Å². The zero-order chi connectivity index (χ0) is 21.6. The van der Waals surface area contributed by atoms with Crippen molar-refractivity contribution in [1.29, 1.82) is 0 Å². The van der Waals surface area contributed by atoms with Gasteiger partial charge in [0, 0.05) is 17.0 Å². The lowest BCUT2D eigenvalue weighted by Crippen LogP contribution is -2.20. The monoisotopic (exact) mass is 412 g/mol. The Balaban J connectivity index is 1.72. The quantitative estimate of drug-likeness (QED) is 0.257. The van der Waals surface area contributed by atoms with E-state index in [1.165, 1.54) is 18.3 Å². The predicted molar refractivity (Wildman–Crippen MR) is 121 cm³/mol. The summed E-state index contributed by atoms with van der Waals surface area (Å²) in [5, 5.41) is 24.6. The van der Waals surface area contributed by atoms with Crippen LogP contribution in [0.1, 0.15) is 11.3 Å². The van der Waals surface area contributed by atoms with Gasteiger partial charge in [0.1, 0.15) is 28.6 Å². The van der Waals surface area contributed by atoms with E-state index in [2.05, 4.69) is 15.5 Å². The van der Waals surface area contributed by atoms with Crippen molar-refractivity contribution in [2.45, 2.75) is 0 Å². The number of phenols is 2. The average molecular weight is 412 g/mol. The fraction of sp³-hybridized carbons (Fsp3) is 0.0417. The first kappa shape index (κ1) is 19.9. The van der Waals surface area contributed by atoms with Gasteiger partial charge in [-0.3, -0.25) is 5.43 Å². The normalized spacial score (nSPS) is 11.7. The van der Waals surface area contributed by atoms with Crippen molar-refractivity contribution in [2.24, 2.45) is 10.1 Å². The summed E-state index contributed by atoms with van der Waals surface area (Å²) in [5.74, 6) is 0.909. The molecule has 0 amide bonds. The Labute approximate surface area is 179 Å². The fourth-order valence-electron chi connectivity index (χ4n) is 2.98. The van der Waals surface area contributed by atoms with Crippen LogP contribution in [0.25, 0.3) is 10.9 Å². The summed E-state index contributed by atoms with van der Waals surface area (Å²) >= 11 is 0. The first-order valence-corrected chi connectivity index (χ1v) is 9.53. The molecule has 0 aliphatic heterocycles. The highest BCUT2D eigenvalue weighted by atomic mass is 16.5.